The lowest BCUT2D eigenvalue weighted by Gasteiger charge is -2.29. The number of sulfonamides is 1. The third kappa shape index (κ3) is 3.24. The van der Waals surface area contributed by atoms with Gasteiger partial charge in [-0.15, -0.1) is 0 Å². The highest BCUT2D eigenvalue weighted by Crippen LogP contribution is 2.30. The maximum atomic E-state index is 13.6. The van der Waals surface area contributed by atoms with E-state index >= 15 is 0 Å². The first-order valence-corrected chi connectivity index (χ1v) is 9.46. The molecule has 0 saturated heterocycles. The van der Waals surface area contributed by atoms with Crippen LogP contribution in [0.5, 0.6) is 0 Å². The van der Waals surface area contributed by atoms with Crippen molar-refractivity contribution in [1.29, 1.82) is 0 Å². The molecule has 0 radical (unpaired) electrons. The minimum Gasteiger partial charge on any atom is -0.345 e. The molecule has 0 saturated carbocycles. The highest BCUT2D eigenvalue weighted by atomic mass is 32.2. The Morgan fingerprint density at radius 2 is 2.08 bits per heavy atom. The maximum absolute atomic E-state index is 13.6. The molecule has 26 heavy (non-hydrogen) atoms. The number of rotatable bonds is 2. The molecule has 2 atom stereocenters. The summed E-state index contributed by atoms with van der Waals surface area (Å²) in [5.41, 5.74) is -0.736. The van der Waals surface area contributed by atoms with E-state index in [1.165, 1.54) is 16.8 Å². The average Bonchev–Trinajstić information content (AvgIpc) is 2.81. The van der Waals surface area contributed by atoms with E-state index in [0.29, 0.717) is 0 Å². The summed E-state index contributed by atoms with van der Waals surface area (Å²) in [5.74, 6) is -2.48. The van der Waals surface area contributed by atoms with E-state index in [1.54, 1.807) is 33.0 Å². The van der Waals surface area contributed by atoms with Crippen LogP contribution >= 0.6 is 0 Å². The Morgan fingerprint density at radius 3 is 2.73 bits per heavy atom. The molecular formula is C17H19F2N3O3S. The zero-order valence-corrected chi connectivity index (χ0v) is 15.3. The summed E-state index contributed by atoms with van der Waals surface area (Å²) < 4.78 is 55.5. The monoisotopic (exact) mass is 383 g/mol. The van der Waals surface area contributed by atoms with Gasteiger partial charge in [0.05, 0.1) is 5.54 Å². The van der Waals surface area contributed by atoms with Gasteiger partial charge in [0.25, 0.3) is 5.91 Å². The summed E-state index contributed by atoms with van der Waals surface area (Å²) in [6.45, 7) is 3.24. The molecule has 2 aliphatic rings. The van der Waals surface area contributed by atoms with Gasteiger partial charge in [-0.3, -0.25) is 4.79 Å². The Balaban J connectivity index is 1.99. The number of carbonyl (C=O) groups is 1. The standard InChI is InChI=1S/C17H19F2N3O3S/c1-10-4-5-11-14(26(24,25)21-10)9-22(3)15(11)16(23)20-17(2)7-6-12(18)13(19)8-17/h4-7,9-10,21H,8H2,1-3H3,(H,20,23). The van der Waals surface area contributed by atoms with Gasteiger partial charge in [-0.2, -0.15) is 0 Å². The van der Waals surface area contributed by atoms with Crippen LogP contribution in [0, 0.1) is 0 Å². The van der Waals surface area contributed by atoms with E-state index in [-0.39, 0.29) is 22.6 Å². The van der Waals surface area contributed by atoms with E-state index < -0.39 is 39.2 Å². The molecule has 0 bridgehead atoms. The number of nitrogens with one attached hydrogen (secondary N) is 2. The first kappa shape index (κ1) is 18.5. The number of carbonyl (C=O) groups excluding carboxylic acids is 1. The van der Waals surface area contributed by atoms with Crippen LogP contribution in [0.3, 0.4) is 0 Å². The summed E-state index contributed by atoms with van der Waals surface area (Å²) in [7, 11) is -2.22. The van der Waals surface area contributed by atoms with Crippen molar-refractivity contribution in [2.24, 2.45) is 7.05 Å². The number of nitrogens with zero attached hydrogens (tertiary/aromatic N) is 1. The lowest BCUT2D eigenvalue weighted by Crippen LogP contribution is -2.46. The van der Waals surface area contributed by atoms with Gasteiger partial charge in [0.15, 0.2) is 5.83 Å². The van der Waals surface area contributed by atoms with E-state index in [0.717, 1.165) is 6.08 Å². The molecule has 0 fully saturated rings. The lowest BCUT2D eigenvalue weighted by atomic mass is 9.92. The van der Waals surface area contributed by atoms with Gasteiger partial charge in [0.2, 0.25) is 10.0 Å². The zero-order valence-electron chi connectivity index (χ0n) is 14.5. The maximum Gasteiger partial charge on any atom is 0.269 e. The molecule has 1 aromatic heterocycles. The molecule has 2 heterocycles. The number of allylic oxidation sites excluding steroid dienone is 2. The second-order valence-corrected chi connectivity index (χ2v) is 8.45. The van der Waals surface area contributed by atoms with E-state index in [4.69, 9.17) is 0 Å². The Kier molecular flexibility index (Phi) is 4.40. The van der Waals surface area contributed by atoms with E-state index in [2.05, 4.69) is 10.0 Å². The largest absolute Gasteiger partial charge is 0.345 e. The Labute approximate surface area is 150 Å². The molecule has 1 amide bonds. The predicted molar refractivity (Wildman–Crippen MR) is 93.1 cm³/mol. The first-order chi connectivity index (χ1) is 12.0. The van der Waals surface area contributed by atoms with Crippen LogP contribution in [-0.4, -0.2) is 30.5 Å². The number of aryl methyl sites for hydroxylation is 1. The number of hydrogen-bond acceptors (Lipinski definition) is 3. The average molecular weight is 383 g/mol. The summed E-state index contributed by atoms with van der Waals surface area (Å²) in [4.78, 5) is 12.8. The van der Waals surface area contributed by atoms with Gasteiger partial charge in [0, 0.05) is 31.3 Å². The van der Waals surface area contributed by atoms with Crippen LogP contribution in [-0.2, 0) is 17.1 Å². The summed E-state index contributed by atoms with van der Waals surface area (Å²) in [5, 5.41) is 2.66. The van der Waals surface area contributed by atoms with Crippen molar-refractivity contribution in [2.75, 3.05) is 0 Å². The molecule has 0 aromatic carbocycles. The number of hydrogen-bond donors (Lipinski definition) is 2. The molecule has 1 aromatic rings. The van der Waals surface area contributed by atoms with E-state index in [1.807, 2.05) is 0 Å². The van der Waals surface area contributed by atoms with Crippen molar-refractivity contribution in [3.05, 3.63) is 47.3 Å². The first-order valence-electron chi connectivity index (χ1n) is 7.98. The van der Waals surface area contributed by atoms with Crippen LogP contribution in [0.25, 0.3) is 6.08 Å². The third-order valence-electron chi connectivity index (χ3n) is 4.36. The Bertz CT molecular complexity index is 976. The molecule has 1 aliphatic heterocycles. The summed E-state index contributed by atoms with van der Waals surface area (Å²) >= 11 is 0. The smallest absolute Gasteiger partial charge is 0.269 e. The zero-order chi connectivity index (χ0) is 19.3. The molecule has 0 spiro atoms. The molecule has 1 aliphatic carbocycles. The van der Waals surface area contributed by atoms with Crippen molar-refractivity contribution in [1.82, 2.24) is 14.6 Å². The van der Waals surface area contributed by atoms with E-state index in [9.17, 15) is 22.0 Å². The minimum absolute atomic E-state index is 0.00721. The second-order valence-electron chi connectivity index (χ2n) is 6.77. The molecule has 3 rings (SSSR count). The predicted octanol–water partition coefficient (Wildman–Crippen LogP) is 2.32. The molecule has 2 unspecified atom stereocenters. The van der Waals surface area contributed by atoms with Gasteiger partial charge in [-0.1, -0.05) is 18.2 Å². The highest BCUT2D eigenvalue weighted by Gasteiger charge is 2.34. The normalized spacial score (nSPS) is 27.2. The number of halogens is 2. The van der Waals surface area contributed by atoms with Gasteiger partial charge in [0.1, 0.15) is 16.4 Å². The fraction of sp³-hybridized carbons (Fsp3) is 0.353. The van der Waals surface area contributed by atoms with Crippen molar-refractivity contribution < 1.29 is 22.0 Å². The highest BCUT2D eigenvalue weighted by molar-refractivity contribution is 7.89. The van der Waals surface area contributed by atoms with Crippen molar-refractivity contribution in [3.8, 4) is 0 Å². The molecule has 9 heteroatoms. The van der Waals surface area contributed by atoms with Gasteiger partial charge in [-0.25, -0.2) is 21.9 Å². The lowest BCUT2D eigenvalue weighted by molar-refractivity contribution is 0.0911. The fourth-order valence-electron chi connectivity index (χ4n) is 3.08. The third-order valence-corrected chi connectivity index (χ3v) is 5.95. The topological polar surface area (TPSA) is 80.2 Å². The van der Waals surface area contributed by atoms with Crippen LogP contribution in [0.4, 0.5) is 8.78 Å². The minimum atomic E-state index is -3.77. The second kappa shape index (κ2) is 6.17. The molecular weight excluding hydrogens is 364 g/mol. The van der Waals surface area contributed by atoms with Crippen molar-refractivity contribution in [3.63, 3.8) is 0 Å². The van der Waals surface area contributed by atoms with Gasteiger partial charge >= 0.3 is 0 Å². The Hall–Kier alpha value is -2.26. The van der Waals surface area contributed by atoms with Gasteiger partial charge < -0.3 is 9.88 Å². The number of amides is 1. The molecule has 140 valence electrons. The summed E-state index contributed by atoms with van der Waals surface area (Å²) in [6, 6.07) is -0.422. The molecule has 2 N–H and O–H groups in total. The number of fused-ring (bicyclic) bond motifs is 1. The van der Waals surface area contributed by atoms with Crippen LogP contribution in [0.1, 0.15) is 36.3 Å². The van der Waals surface area contributed by atoms with Crippen LogP contribution in [0.2, 0.25) is 0 Å². The van der Waals surface area contributed by atoms with Crippen LogP contribution < -0.4 is 10.0 Å². The Morgan fingerprint density at radius 1 is 1.38 bits per heavy atom. The van der Waals surface area contributed by atoms with Crippen LogP contribution in [0.15, 0.2) is 41.0 Å². The quantitative estimate of drug-likeness (QED) is 0.823. The van der Waals surface area contributed by atoms with Gasteiger partial charge in [-0.05, 0) is 19.9 Å². The molecule has 6 nitrogen and oxygen atoms in total. The fourth-order valence-corrected chi connectivity index (χ4v) is 4.53. The summed E-state index contributed by atoms with van der Waals surface area (Å²) in [6.07, 6.45) is 6.60. The number of aromatic nitrogens is 1. The van der Waals surface area contributed by atoms with Crippen molar-refractivity contribution in [2.45, 2.75) is 36.7 Å². The SMILES string of the molecule is CC1C=Cc2c(cn(C)c2C(=O)NC2(C)C=CC(F)=C(F)C2)S(=O)(=O)N1. The van der Waals surface area contributed by atoms with Crippen molar-refractivity contribution >= 4 is 22.0 Å².